The van der Waals surface area contributed by atoms with E-state index < -0.39 is 5.97 Å². The third-order valence-corrected chi connectivity index (χ3v) is 2.65. The van der Waals surface area contributed by atoms with Crippen LogP contribution in [0.15, 0.2) is 0 Å². The van der Waals surface area contributed by atoms with Gasteiger partial charge in [-0.05, 0) is 39.8 Å². The molecule has 0 aliphatic heterocycles. The van der Waals surface area contributed by atoms with Crippen LogP contribution in [0.3, 0.4) is 0 Å². The van der Waals surface area contributed by atoms with E-state index in [1.807, 2.05) is 25.7 Å². The largest absolute Gasteiger partial charge is 0.480 e. The molecule has 0 aliphatic carbocycles. The second kappa shape index (κ2) is 7.65. The Morgan fingerprint density at radius 1 is 1.40 bits per heavy atom. The zero-order chi connectivity index (χ0) is 11.8. The second-order valence-corrected chi connectivity index (χ2v) is 4.06. The number of aliphatic carboxylic acids is 1. The van der Waals surface area contributed by atoms with Crippen molar-refractivity contribution >= 4 is 5.97 Å². The summed E-state index contributed by atoms with van der Waals surface area (Å²) >= 11 is 0. The van der Waals surface area contributed by atoms with Crippen molar-refractivity contribution < 1.29 is 9.90 Å². The van der Waals surface area contributed by atoms with Gasteiger partial charge in [0.25, 0.3) is 0 Å². The Kier molecular flexibility index (Phi) is 7.34. The van der Waals surface area contributed by atoms with Gasteiger partial charge in [-0.15, -0.1) is 0 Å². The van der Waals surface area contributed by atoms with Crippen LogP contribution in [0, 0.1) is 0 Å². The molecule has 0 fully saturated rings. The van der Waals surface area contributed by atoms with Crippen LogP contribution in [0.1, 0.15) is 40.0 Å². The summed E-state index contributed by atoms with van der Waals surface area (Å²) in [6, 6.07) is -0.0875. The first-order valence-corrected chi connectivity index (χ1v) is 5.73. The number of nitrogens with two attached hydrogens (primary N) is 1. The maximum absolute atomic E-state index is 11.1. The lowest BCUT2D eigenvalue weighted by molar-refractivity contribution is -0.144. The molecular weight excluding hydrogens is 192 g/mol. The first-order chi connectivity index (χ1) is 7.04. The number of likely N-dealkylation sites (N-methyl/N-ethyl adjacent to an activating group) is 1. The third kappa shape index (κ3) is 5.14. The van der Waals surface area contributed by atoms with Gasteiger partial charge in [0.2, 0.25) is 0 Å². The molecule has 1 unspecified atom stereocenters. The van der Waals surface area contributed by atoms with Gasteiger partial charge in [-0.2, -0.15) is 0 Å². The third-order valence-electron chi connectivity index (χ3n) is 2.65. The van der Waals surface area contributed by atoms with Gasteiger partial charge in [0, 0.05) is 6.04 Å². The van der Waals surface area contributed by atoms with Crippen LogP contribution in [0.5, 0.6) is 0 Å². The molecule has 0 aromatic carbocycles. The zero-order valence-electron chi connectivity index (χ0n) is 10.1. The number of unbranched alkanes of at least 4 members (excludes halogenated alkanes) is 1. The van der Waals surface area contributed by atoms with Crippen LogP contribution in [0.4, 0.5) is 0 Å². The van der Waals surface area contributed by atoms with Crippen molar-refractivity contribution in [1.82, 2.24) is 4.90 Å². The first kappa shape index (κ1) is 14.4. The van der Waals surface area contributed by atoms with Crippen molar-refractivity contribution in [3.05, 3.63) is 0 Å². The molecular formula is C11H24N2O2. The highest BCUT2D eigenvalue weighted by Crippen LogP contribution is 2.12. The Bertz CT molecular complexity index is 183. The minimum absolute atomic E-state index is 0.272. The van der Waals surface area contributed by atoms with Crippen LogP contribution >= 0.6 is 0 Å². The standard InChI is InChI=1S/C11H24N2O2/c1-4-13(9(2)3)10(11(14)15)7-5-6-8-12/h9-10H,4-8,12H2,1-3H3,(H,14,15). The summed E-state index contributed by atoms with van der Waals surface area (Å²) in [6.45, 7) is 7.47. The molecule has 0 aliphatic rings. The Morgan fingerprint density at radius 3 is 2.33 bits per heavy atom. The molecule has 1 atom stereocenters. The molecule has 0 saturated carbocycles. The van der Waals surface area contributed by atoms with E-state index in [0.717, 1.165) is 19.4 Å². The second-order valence-electron chi connectivity index (χ2n) is 4.06. The molecule has 0 rings (SSSR count). The molecule has 3 N–H and O–H groups in total. The predicted molar refractivity (Wildman–Crippen MR) is 61.8 cm³/mol. The summed E-state index contributed by atoms with van der Waals surface area (Å²) in [5, 5.41) is 9.15. The molecule has 0 spiro atoms. The van der Waals surface area contributed by atoms with Gasteiger partial charge in [-0.25, -0.2) is 0 Å². The lowest BCUT2D eigenvalue weighted by Gasteiger charge is -2.31. The SMILES string of the molecule is CCN(C(C)C)C(CCCCN)C(=O)O. The molecule has 0 aromatic heterocycles. The van der Waals surface area contributed by atoms with Gasteiger partial charge >= 0.3 is 5.97 Å². The maximum atomic E-state index is 11.1. The fourth-order valence-corrected chi connectivity index (χ4v) is 1.86. The molecule has 15 heavy (non-hydrogen) atoms. The van der Waals surface area contributed by atoms with Crippen molar-refractivity contribution in [2.45, 2.75) is 52.1 Å². The van der Waals surface area contributed by atoms with Crippen LogP contribution in [0.25, 0.3) is 0 Å². The summed E-state index contributed by atoms with van der Waals surface area (Å²) in [5.74, 6) is -0.720. The van der Waals surface area contributed by atoms with Gasteiger partial charge < -0.3 is 10.8 Å². The Hall–Kier alpha value is -0.610. The highest BCUT2D eigenvalue weighted by Gasteiger charge is 2.25. The van der Waals surface area contributed by atoms with Gasteiger partial charge in [0.1, 0.15) is 6.04 Å². The average molecular weight is 216 g/mol. The maximum Gasteiger partial charge on any atom is 0.320 e. The molecule has 0 saturated heterocycles. The molecule has 0 aromatic rings. The summed E-state index contributed by atoms with van der Waals surface area (Å²) in [5.41, 5.74) is 5.40. The number of hydrogen-bond acceptors (Lipinski definition) is 3. The number of carbonyl (C=O) groups is 1. The first-order valence-electron chi connectivity index (χ1n) is 5.73. The summed E-state index contributed by atoms with van der Waals surface area (Å²) in [4.78, 5) is 13.1. The fourth-order valence-electron chi connectivity index (χ4n) is 1.86. The Labute approximate surface area is 92.4 Å². The van der Waals surface area contributed by atoms with E-state index in [-0.39, 0.29) is 12.1 Å². The molecule has 4 nitrogen and oxygen atoms in total. The molecule has 4 heteroatoms. The van der Waals surface area contributed by atoms with Crippen LogP contribution in [-0.4, -0.2) is 41.1 Å². The summed E-state index contributed by atoms with van der Waals surface area (Å²) in [7, 11) is 0. The van der Waals surface area contributed by atoms with Gasteiger partial charge in [0.15, 0.2) is 0 Å². The van der Waals surface area contributed by atoms with Gasteiger partial charge in [-0.3, -0.25) is 9.69 Å². The number of carboxylic acid groups (broad SMARTS) is 1. The number of carboxylic acids is 1. The van der Waals surface area contributed by atoms with Gasteiger partial charge in [0.05, 0.1) is 0 Å². The minimum Gasteiger partial charge on any atom is -0.480 e. The Morgan fingerprint density at radius 2 is 2.00 bits per heavy atom. The van der Waals surface area contributed by atoms with E-state index in [9.17, 15) is 4.79 Å². The van der Waals surface area contributed by atoms with Crippen molar-refractivity contribution in [3.8, 4) is 0 Å². The van der Waals surface area contributed by atoms with E-state index >= 15 is 0 Å². The molecule has 0 heterocycles. The van der Waals surface area contributed by atoms with Gasteiger partial charge in [-0.1, -0.05) is 13.3 Å². The van der Waals surface area contributed by atoms with Crippen molar-refractivity contribution in [2.24, 2.45) is 5.73 Å². The molecule has 90 valence electrons. The van der Waals surface area contributed by atoms with Crippen molar-refractivity contribution in [2.75, 3.05) is 13.1 Å². The van der Waals surface area contributed by atoms with E-state index in [1.54, 1.807) is 0 Å². The van der Waals surface area contributed by atoms with Crippen molar-refractivity contribution in [3.63, 3.8) is 0 Å². The quantitative estimate of drug-likeness (QED) is 0.600. The van der Waals surface area contributed by atoms with E-state index in [4.69, 9.17) is 10.8 Å². The average Bonchev–Trinajstić information content (AvgIpc) is 2.16. The smallest absolute Gasteiger partial charge is 0.320 e. The molecule has 0 bridgehead atoms. The van der Waals surface area contributed by atoms with Crippen LogP contribution in [-0.2, 0) is 4.79 Å². The monoisotopic (exact) mass is 216 g/mol. The van der Waals surface area contributed by atoms with Crippen molar-refractivity contribution in [1.29, 1.82) is 0 Å². The van der Waals surface area contributed by atoms with Crippen LogP contribution in [0.2, 0.25) is 0 Å². The molecule has 0 radical (unpaired) electrons. The van der Waals surface area contributed by atoms with Crippen LogP contribution < -0.4 is 5.73 Å². The zero-order valence-corrected chi connectivity index (χ0v) is 10.1. The highest BCUT2D eigenvalue weighted by molar-refractivity contribution is 5.73. The number of rotatable bonds is 8. The summed E-state index contributed by atoms with van der Waals surface area (Å²) < 4.78 is 0. The fraction of sp³-hybridized carbons (Fsp3) is 0.909. The Balaban J connectivity index is 4.29. The highest BCUT2D eigenvalue weighted by atomic mass is 16.4. The summed E-state index contributed by atoms with van der Waals surface area (Å²) in [6.07, 6.45) is 2.48. The van der Waals surface area contributed by atoms with E-state index in [2.05, 4.69) is 0 Å². The lowest BCUT2D eigenvalue weighted by atomic mass is 10.1. The molecule has 0 amide bonds. The topological polar surface area (TPSA) is 66.6 Å². The van der Waals surface area contributed by atoms with E-state index in [0.29, 0.717) is 13.0 Å². The normalized spacial score (nSPS) is 13.5. The number of nitrogens with zero attached hydrogens (tertiary/aromatic N) is 1. The predicted octanol–water partition coefficient (Wildman–Crippen LogP) is 1.30. The lowest BCUT2D eigenvalue weighted by Crippen LogP contribution is -2.45. The number of hydrogen-bond donors (Lipinski definition) is 2. The van der Waals surface area contributed by atoms with E-state index in [1.165, 1.54) is 0 Å². The minimum atomic E-state index is -0.720.